The summed E-state index contributed by atoms with van der Waals surface area (Å²) >= 11 is 0. The molecule has 0 bridgehead atoms. The quantitative estimate of drug-likeness (QED) is 0.796. The van der Waals surface area contributed by atoms with Crippen LogP contribution in [0, 0.1) is 12.3 Å². The number of rotatable bonds is 5. The van der Waals surface area contributed by atoms with Crippen LogP contribution in [0.2, 0.25) is 0 Å². The van der Waals surface area contributed by atoms with E-state index in [1.54, 1.807) is 29.4 Å². The lowest BCUT2D eigenvalue weighted by Gasteiger charge is -2.26. The molecule has 0 aliphatic carbocycles. The van der Waals surface area contributed by atoms with Crippen molar-refractivity contribution < 1.29 is 9.53 Å². The van der Waals surface area contributed by atoms with Crippen molar-refractivity contribution in [3.05, 3.63) is 60.4 Å². The van der Waals surface area contributed by atoms with Gasteiger partial charge < -0.3 is 4.74 Å². The maximum absolute atomic E-state index is 12.3. The van der Waals surface area contributed by atoms with E-state index in [2.05, 4.69) is 10.9 Å². The van der Waals surface area contributed by atoms with Crippen molar-refractivity contribution >= 4 is 6.09 Å². The molecule has 1 aromatic carbocycles. The Balaban J connectivity index is 2.05. The summed E-state index contributed by atoms with van der Waals surface area (Å²) in [4.78, 5) is 17.8. The van der Waals surface area contributed by atoms with Crippen LogP contribution in [0.1, 0.15) is 12.5 Å². The number of benzene rings is 1. The third-order valence-electron chi connectivity index (χ3n) is 3.26. The van der Waals surface area contributed by atoms with Gasteiger partial charge in [-0.2, -0.15) is 0 Å². The zero-order valence-electron chi connectivity index (χ0n) is 12.5. The summed E-state index contributed by atoms with van der Waals surface area (Å²) in [6.07, 6.45) is 8.79. The predicted molar refractivity (Wildman–Crippen MR) is 85.4 cm³/mol. The van der Waals surface area contributed by atoms with Gasteiger partial charge in [0.1, 0.15) is 5.75 Å². The maximum Gasteiger partial charge on any atom is 0.416 e. The second-order valence-electron chi connectivity index (χ2n) is 4.92. The molecule has 22 heavy (non-hydrogen) atoms. The van der Waals surface area contributed by atoms with Gasteiger partial charge in [0, 0.05) is 18.4 Å². The minimum atomic E-state index is -0.451. The molecule has 1 heterocycles. The van der Waals surface area contributed by atoms with Crippen molar-refractivity contribution in [3.63, 3.8) is 0 Å². The monoisotopic (exact) mass is 294 g/mol. The molecule has 0 radical (unpaired) electrons. The van der Waals surface area contributed by atoms with E-state index in [4.69, 9.17) is 11.2 Å². The summed E-state index contributed by atoms with van der Waals surface area (Å²) in [6.45, 7) is 2.16. The average molecular weight is 294 g/mol. The van der Waals surface area contributed by atoms with E-state index in [0.29, 0.717) is 12.2 Å². The zero-order chi connectivity index (χ0) is 15.8. The lowest BCUT2D eigenvalue weighted by atomic mass is 10.1. The summed E-state index contributed by atoms with van der Waals surface area (Å²) in [5, 5.41) is 0. The Bertz CT molecular complexity index is 635. The first-order valence-electron chi connectivity index (χ1n) is 7.06. The number of carbonyl (C=O) groups is 1. The van der Waals surface area contributed by atoms with Crippen LogP contribution in [0.25, 0.3) is 0 Å². The predicted octanol–water partition coefficient (Wildman–Crippen LogP) is 3.15. The number of carbonyl (C=O) groups excluding carboxylic acids is 1. The minimum Gasteiger partial charge on any atom is -0.410 e. The highest BCUT2D eigenvalue weighted by atomic mass is 16.6. The fourth-order valence-corrected chi connectivity index (χ4v) is 2.13. The fraction of sp³-hybridized carbons (Fsp3) is 0.222. The van der Waals surface area contributed by atoms with E-state index in [-0.39, 0.29) is 12.6 Å². The molecule has 0 aliphatic heterocycles. The smallest absolute Gasteiger partial charge is 0.410 e. The van der Waals surface area contributed by atoms with E-state index < -0.39 is 6.09 Å². The molecule has 1 atom stereocenters. The molecule has 0 N–H and O–H groups in total. The van der Waals surface area contributed by atoms with E-state index in [1.165, 1.54) is 0 Å². The van der Waals surface area contributed by atoms with Gasteiger partial charge in [0.15, 0.2) is 0 Å². The zero-order valence-corrected chi connectivity index (χ0v) is 12.5. The lowest BCUT2D eigenvalue weighted by Crippen LogP contribution is -2.41. The molecule has 2 aromatic rings. The van der Waals surface area contributed by atoms with Crippen molar-refractivity contribution in [2.24, 2.45) is 0 Å². The molecule has 2 rings (SSSR count). The van der Waals surface area contributed by atoms with Crippen LogP contribution in [0.3, 0.4) is 0 Å². The molecule has 1 amide bonds. The Morgan fingerprint density at radius 2 is 1.95 bits per heavy atom. The van der Waals surface area contributed by atoms with E-state index in [0.717, 1.165) is 5.56 Å². The van der Waals surface area contributed by atoms with Gasteiger partial charge in [-0.15, -0.1) is 6.42 Å². The van der Waals surface area contributed by atoms with Gasteiger partial charge in [-0.3, -0.25) is 9.88 Å². The van der Waals surface area contributed by atoms with Gasteiger partial charge in [-0.1, -0.05) is 36.3 Å². The molecule has 0 spiro atoms. The first-order chi connectivity index (χ1) is 10.7. The van der Waals surface area contributed by atoms with Gasteiger partial charge in [-0.05, 0) is 31.0 Å². The van der Waals surface area contributed by atoms with Crippen molar-refractivity contribution in [1.82, 2.24) is 9.88 Å². The molecule has 112 valence electrons. The Labute approximate surface area is 130 Å². The molecule has 1 aromatic heterocycles. The molecular weight excluding hydrogens is 276 g/mol. The number of hydrogen-bond donors (Lipinski definition) is 0. The summed E-state index contributed by atoms with van der Waals surface area (Å²) in [5.41, 5.74) is 1.15. The first-order valence-corrected chi connectivity index (χ1v) is 7.06. The van der Waals surface area contributed by atoms with Crippen molar-refractivity contribution in [3.8, 4) is 18.1 Å². The van der Waals surface area contributed by atoms with Crippen LogP contribution in [-0.2, 0) is 6.42 Å². The van der Waals surface area contributed by atoms with Crippen molar-refractivity contribution in [1.29, 1.82) is 0 Å². The highest BCUT2D eigenvalue weighted by Gasteiger charge is 2.21. The molecular formula is C18H18N2O2. The molecule has 4 nitrogen and oxygen atoms in total. The van der Waals surface area contributed by atoms with Crippen molar-refractivity contribution in [2.75, 3.05) is 6.54 Å². The molecule has 0 unspecified atom stereocenters. The number of terminal acetylenes is 1. The highest BCUT2D eigenvalue weighted by molar-refractivity contribution is 5.71. The van der Waals surface area contributed by atoms with E-state index in [1.807, 2.05) is 37.3 Å². The Hall–Kier alpha value is -2.80. The number of nitrogens with zero attached hydrogens (tertiary/aromatic N) is 2. The largest absolute Gasteiger partial charge is 0.416 e. The first kappa shape index (κ1) is 15.6. The van der Waals surface area contributed by atoms with Crippen LogP contribution in [0.4, 0.5) is 4.79 Å². The number of pyridine rings is 1. The number of aromatic nitrogens is 1. The second kappa shape index (κ2) is 7.84. The molecule has 0 fully saturated rings. The number of amides is 1. The van der Waals surface area contributed by atoms with Gasteiger partial charge in [0.05, 0.1) is 6.54 Å². The summed E-state index contributed by atoms with van der Waals surface area (Å²) in [7, 11) is 0. The fourth-order valence-electron chi connectivity index (χ4n) is 2.13. The van der Waals surface area contributed by atoms with E-state index in [9.17, 15) is 4.79 Å². The Morgan fingerprint density at radius 3 is 2.59 bits per heavy atom. The molecule has 0 saturated heterocycles. The van der Waals surface area contributed by atoms with Crippen LogP contribution >= 0.6 is 0 Å². The van der Waals surface area contributed by atoms with E-state index >= 15 is 0 Å². The normalized spacial score (nSPS) is 11.3. The summed E-state index contributed by atoms with van der Waals surface area (Å²) in [5.74, 6) is 2.97. The summed E-state index contributed by atoms with van der Waals surface area (Å²) in [6, 6.07) is 13.2. The molecule has 0 aliphatic rings. The van der Waals surface area contributed by atoms with Crippen LogP contribution in [0.5, 0.6) is 5.75 Å². The van der Waals surface area contributed by atoms with Crippen LogP contribution in [-0.4, -0.2) is 28.6 Å². The van der Waals surface area contributed by atoms with Gasteiger partial charge in [0.25, 0.3) is 0 Å². The van der Waals surface area contributed by atoms with Crippen LogP contribution in [0.15, 0.2) is 54.9 Å². The third-order valence-corrected chi connectivity index (χ3v) is 3.26. The third kappa shape index (κ3) is 4.35. The second-order valence-corrected chi connectivity index (χ2v) is 4.92. The number of hydrogen-bond acceptors (Lipinski definition) is 3. The average Bonchev–Trinajstić information content (AvgIpc) is 2.54. The Morgan fingerprint density at radius 1 is 1.27 bits per heavy atom. The van der Waals surface area contributed by atoms with Gasteiger partial charge in [0.2, 0.25) is 0 Å². The number of ether oxygens (including phenoxy) is 1. The van der Waals surface area contributed by atoms with Gasteiger partial charge >= 0.3 is 6.09 Å². The maximum atomic E-state index is 12.3. The molecule has 0 saturated carbocycles. The standard InChI is InChI=1S/C18H18N2O2/c1-3-13-20(15(2)14-16-7-5-4-6-8-16)18(21)22-17-9-11-19-12-10-17/h1,4-12,15H,13-14H2,2H3/t15-/m1/s1. The summed E-state index contributed by atoms with van der Waals surface area (Å²) < 4.78 is 5.34. The topological polar surface area (TPSA) is 42.4 Å². The molecule has 4 heteroatoms. The highest BCUT2D eigenvalue weighted by Crippen LogP contribution is 2.13. The van der Waals surface area contributed by atoms with Crippen LogP contribution < -0.4 is 4.74 Å². The minimum absolute atomic E-state index is 0.0622. The SMILES string of the molecule is C#CCN(C(=O)Oc1ccncc1)[C@H](C)Cc1ccccc1. The van der Waals surface area contributed by atoms with Gasteiger partial charge in [-0.25, -0.2) is 4.79 Å². The Kier molecular flexibility index (Phi) is 5.56. The van der Waals surface area contributed by atoms with Crippen molar-refractivity contribution in [2.45, 2.75) is 19.4 Å². The lowest BCUT2D eigenvalue weighted by molar-refractivity contribution is 0.142.